The van der Waals surface area contributed by atoms with Crippen molar-refractivity contribution in [3.8, 4) is 0 Å². The van der Waals surface area contributed by atoms with Crippen LogP contribution in [-0.4, -0.2) is 14.8 Å². The third kappa shape index (κ3) is 2.60. The maximum absolute atomic E-state index is 14.4. The Morgan fingerprint density at radius 2 is 1.88 bits per heavy atom. The average molecular weight is 389 g/mol. The standard InChI is InChI=1S/C17H11BrF2N4/c18-11-3-6-14(20)13(7-11)16-8-15(10-1-4-12(19)5-2-10)23-17-21-9-22-24(16)17/h1-9,16H,(H,21,22,23)/t16-/m1/s1. The van der Waals surface area contributed by atoms with Gasteiger partial charge in [-0.15, -0.1) is 0 Å². The lowest BCUT2D eigenvalue weighted by atomic mass is 10.0. The normalized spacial score (nSPS) is 16.3. The van der Waals surface area contributed by atoms with Crippen molar-refractivity contribution in [2.45, 2.75) is 6.04 Å². The molecule has 0 amide bonds. The molecule has 1 aromatic heterocycles. The van der Waals surface area contributed by atoms with Crippen molar-refractivity contribution in [3.05, 3.63) is 82.1 Å². The maximum atomic E-state index is 14.4. The van der Waals surface area contributed by atoms with Gasteiger partial charge in [0, 0.05) is 15.7 Å². The number of anilines is 1. The first-order valence-electron chi connectivity index (χ1n) is 7.21. The molecule has 2 heterocycles. The van der Waals surface area contributed by atoms with Crippen LogP contribution in [0.4, 0.5) is 14.7 Å². The Labute approximate surface area is 145 Å². The maximum Gasteiger partial charge on any atom is 0.226 e. The van der Waals surface area contributed by atoms with E-state index >= 15 is 0 Å². The van der Waals surface area contributed by atoms with E-state index in [0.717, 1.165) is 15.7 Å². The molecule has 1 aliphatic rings. The topological polar surface area (TPSA) is 42.7 Å². The third-order valence-corrected chi connectivity index (χ3v) is 4.33. The zero-order chi connectivity index (χ0) is 16.7. The summed E-state index contributed by atoms with van der Waals surface area (Å²) in [5.74, 6) is -0.143. The fourth-order valence-electron chi connectivity index (χ4n) is 2.69. The van der Waals surface area contributed by atoms with Gasteiger partial charge in [0.15, 0.2) is 0 Å². The lowest BCUT2D eigenvalue weighted by Crippen LogP contribution is -2.21. The van der Waals surface area contributed by atoms with Crippen molar-refractivity contribution < 1.29 is 8.78 Å². The Bertz CT molecular complexity index is 934. The summed E-state index contributed by atoms with van der Waals surface area (Å²) < 4.78 is 29.9. The summed E-state index contributed by atoms with van der Waals surface area (Å²) in [6, 6.07) is 10.4. The van der Waals surface area contributed by atoms with Gasteiger partial charge in [0.1, 0.15) is 24.0 Å². The molecule has 0 aliphatic carbocycles. The number of benzene rings is 2. The quantitative estimate of drug-likeness (QED) is 0.708. The van der Waals surface area contributed by atoms with Crippen molar-refractivity contribution in [2.75, 3.05) is 5.32 Å². The molecule has 0 saturated carbocycles. The highest BCUT2D eigenvalue weighted by Gasteiger charge is 2.25. The highest BCUT2D eigenvalue weighted by molar-refractivity contribution is 9.10. The van der Waals surface area contributed by atoms with Crippen molar-refractivity contribution in [2.24, 2.45) is 0 Å². The SMILES string of the molecule is Fc1ccc(C2=C[C@H](c3cc(Br)ccc3F)n3ncnc3N2)cc1. The number of hydrogen-bond acceptors (Lipinski definition) is 3. The number of nitrogens with one attached hydrogen (secondary N) is 1. The molecule has 0 unspecified atom stereocenters. The molecular formula is C17H11BrF2N4. The summed E-state index contributed by atoms with van der Waals surface area (Å²) in [4.78, 5) is 4.17. The smallest absolute Gasteiger partial charge is 0.226 e. The zero-order valence-corrected chi connectivity index (χ0v) is 13.8. The first-order valence-corrected chi connectivity index (χ1v) is 8.00. The molecule has 2 aromatic carbocycles. The van der Waals surface area contributed by atoms with Gasteiger partial charge in [0.25, 0.3) is 0 Å². The molecular weight excluding hydrogens is 378 g/mol. The molecule has 24 heavy (non-hydrogen) atoms. The van der Waals surface area contributed by atoms with E-state index in [4.69, 9.17) is 0 Å². The van der Waals surface area contributed by atoms with Gasteiger partial charge < -0.3 is 5.32 Å². The Morgan fingerprint density at radius 3 is 2.67 bits per heavy atom. The van der Waals surface area contributed by atoms with E-state index in [-0.39, 0.29) is 11.6 Å². The summed E-state index contributed by atoms with van der Waals surface area (Å²) >= 11 is 3.37. The second kappa shape index (κ2) is 5.83. The first kappa shape index (κ1) is 15.0. The van der Waals surface area contributed by atoms with Crippen LogP contribution >= 0.6 is 15.9 Å². The number of nitrogens with zero attached hydrogens (tertiary/aromatic N) is 3. The fraction of sp³-hybridized carbons (Fsp3) is 0.0588. The van der Waals surface area contributed by atoms with Gasteiger partial charge in [-0.25, -0.2) is 13.5 Å². The van der Waals surface area contributed by atoms with E-state index in [2.05, 4.69) is 31.3 Å². The van der Waals surface area contributed by atoms with Crippen molar-refractivity contribution in [1.29, 1.82) is 0 Å². The van der Waals surface area contributed by atoms with E-state index in [9.17, 15) is 8.78 Å². The molecule has 1 N–H and O–H groups in total. The van der Waals surface area contributed by atoms with Gasteiger partial charge in [0.2, 0.25) is 5.95 Å². The lowest BCUT2D eigenvalue weighted by molar-refractivity contribution is 0.551. The van der Waals surface area contributed by atoms with Gasteiger partial charge >= 0.3 is 0 Å². The number of aromatic nitrogens is 3. The van der Waals surface area contributed by atoms with Crippen LogP contribution in [0.25, 0.3) is 5.70 Å². The molecule has 120 valence electrons. The highest BCUT2D eigenvalue weighted by atomic mass is 79.9. The van der Waals surface area contributed by atoms with Crippen LogP contribution < -0.4 is 5.32 Å². The average Bonchev–Trinajstić information content (AvgIpc) is 3.05. The molecule has 0 fully saturated rings. The molecule has 0 radical (unpaired) electrons. The zero-order valence-electron chi connectivity index (χ0n) is 12.2. The molecule has 4 nitrogen and oxygen atoms in total. The molecule has 4 rings (SSSR count). The largest absolute Gasteiger partial charge is 0.324 e. The van der Waals surface area contributed by atoms with Crippen LogP contribution in [0.2, 0.25) is 0 Å². The predicted molar refractivity (Wildman–Crippen MR) is 90.3 cm³/mol. The van der Waals surface area contributed by atoms with Crippen molar-refractivity contribution in [1.82, 2.24) is 14.8 Å². The van der Waals surface area contributed by atoms with Crippen molar-refractivity contribution >= 4 is 27.6 Å². The van der Waals surface area contributed by atoms with Crippen LogP contribution in [0.15, 0.2) is 59.3 Å². The van der Waals surface area contributed by atoms with Crippen LogP contribution in [-0.2, 0) is 0 Å². The van der Waals surface area contributed by atoms with Gasteiger partial charge in [-0.1, -0.05) is 15.9 Å². The van der Waals surface area contributed by atoms with Crippen LogP contribution in [0.3, 0.4) is 0 Å². The summed E-state index contributed by atoms with van der Waals surface area (Å²) in [6.07, 6.45) is 3.26. The molecule has 0 saturated heterocycles. The Kier molecular flexibility index (Phi) is 3.65. The van der Waals surface area contributed by atoms with Crippen LogP contribution in [0.5, 0.6) is 0 Å². The van der Waals surface area contributed by atoms with E-state index in [1.54, 1.807) is 28.9 Å². The molecule has 1 atom stereocenters. The molecule has 7 heteroatoms. The Morgan fingerprint density at radius 1 is 1.08 bits per heavy atom. The molecule has 1 aliphatic heterocycles. The summed E-state index contributed by atoms with van der Waals surface area (Å²) in [5.41, 5.74) is 1.98. The van der Waals surface area contributed by atoms with E-state index in [1.165, 1.54) is 24.5 Å². The van der Waals surface area contributed by atoms with Gasteiger partial charge in [0.05, 0.1) is 0 Å². The summed E-state index contributed by atoms with van der Waals surface area (Å²) in [5, 5.41) is 7.32. The highest BCUT2D eigenvalue weighted by Crippen LogP contribution is 2.34. The Balaban J connectivity index is 1.85. The first-order chi connectivity index (χ1) is 11.6. The fourth-order valence-corrected chi connectivity index (χ4v) is 3.07. The Hall–Kier alpha value is -2.54. The molecule has 0 spiro atoms. The van der Waals surface area contributed by atoms with Crippen molar-refractivity contribution in [3.63, 3.8) is 0 Å². The lowest BCUT2D eigenvalue weighted by Gasteiger charge is -2.24. The van der Waals surface area contributed by atoms with Gasteiger partial charge in [-0.05, 0) is 54.1 Å². The number of fused-ring (bicyclic) bond motifs is 1. The minimum Gasteiger partial charge on any atom is -0.324 e. The summed E-state index contributed by atoms with van der Waals surface area (Å²) in [6.45, 7) is 0. The van der Waals surface area contributed by atoms with E-state index in [1.807, 2.05) is 6.08 Å². The van der Waals surface area contributed by atoms with E-state index in [0.29, 0.717) is 11.5 Å². The van der Waals surface area contributed by atoms with Crippen LogP contribution in [0, 0.1) is 11.6 Å². The van der Waals surface area contributed by atoms with Gasteiger partial charge in [-0.2, -0.15) is 10.1 Å². The second-order valence-electron chi connectivity index (χ2n) is 5.35. The number of hydrogen-bond donors (Lipinski definition) is 1. The minimum atomic E-state index is -0.457. The third-order valence-electron chi connectivity index (χ3n) is 3.84. The molecule has 3 aromatic rings. The summed E-state index contributed by atoms with van der Waals surface area (Å²) in [7, 11) is 0. The van der Waals surface area contributed by atoms with E-state index < -0.39 is 6.04 Å². The number of allylic oxidation sites excluding steroid dienone is 1. The monoisotopic (exact) mass is 388 g/mol. The minimum absolute atomic E-state index is 0.312. The molecule has 0 bridgehead atoms. The number of halogens is 3. The predicted octanol–water partition coefficient (Wildman–Crippen LogP) is 4.37. The van der Waals surface area contributed by atoms with Gasteiger partial charge in [-0.3, -0.25) is 0 Å². The number of rotatable bonds is 2. The van der Waals surface area contributed by atoms with Crippen LogP contribution in [0.1, 0.15) is 17.2 Å². The second-order valence-corrected chi connectivity index (χ2v) is 6.27.